The van der Waals surface area contributed by atoms with Crippen LogP contribution in [0.15, 0.2) is 60.7 Å². The maximum atomic E-state index is 12.1. The standard InChI is InChI=1S/C27H35NO4.C14H25NO4.2CO2.CH4/c1-20(27(30)32-3)24(19-25(29)31-2)18-21-14-16-28(17-15-21)26(22-10-6-4-7-11-22)23-12-8-5-9-13-23;1-10(14(17)19-3)12(9-13(16)18-2)8-11-4-6-15-7-5-11;2*2-1-3;/h4-13,20-21,24,26H,14-19H2,1-3H3;10-12,15H,4-9H2,1-3H3;;;1H4. The molecule has 58 heavy (non-hydrogen) atoms. The van der Waals surface area contributed by atoms with E-state index in [-0.39, 0.29) is 86.2 Å². The number of ether oxygens (including phenoxy) is 4. The average Bonchev–Trinajstić information content (AvgIpc) is 3.24. The van der Waals surface area contributed by atoms with Crippen LogP contribution in [0.4, 0.5) is 0 Å². The normalized spacial score (nSPS) is 16.1. The van der Waals surface area contributed by atoms with Crippen molar-refractivity contribution in [3.8, 4) is 0 Å². The summed E-state index contributed by atoms with van der Waals surface area (Å²) in [5.41, 5.74) is 2.61. The van der Waals surface area contributed by atoms with E-state index in [1.807, 2.05) is 13.8 Å². The summed E-state index contributed by atoms with van der Waals surface area (Å²) in [6.45, 7) is 7.69. The molecular formula is C44H64N2O12. The van der Waals surface area contributed by atoms with E-state index in [9.17, 15) is 19.2 Å². The molecule has 4 rings (SSSR count). The second-order valence-electron chi connectivity index (χ2n) is 14.2. The molecule has 0 spiro atoms. The Kier molecular flexibility index (Phi) is 28.4. The molecule has 1 N–H and O–H groups in total. The molecule has 0 saturated carbocycles. The molecule has 14 nitrogen and oxygen atoms in total. The van der Waals surface area contributed by atoms with Crippen molar-refractivity contribution in [1.82, 2.24) is 10.2 Å². The molecule has 2 aliphatic rings. The summed E-state index contributed by atoms with van der Waals surface area (Å²) >= 11 is 0. The van der Waals surface area contributed by atoms with E-state index in [1.54, 1.807) is 0 Å². The summed E-state index contributed by atoms with van der Waals surface area (Å²) in [5.74, 6) is -0.632. The van der Waals surface area contributed by atoms with E-state index >= 15 is 0 Å². The molecule has 2 aromatic rings. The van der Waals surface area contributed by atoms with Crippen LogP contribution in [-0.2, 0) is 57.3 Å². The SMILES string of the molecule is C.COC(=O)CC(CC1CCN(C(c2ccccc2)c2ccccc2)CC1)C(C)C(=O)OC.COC(=O)CC(CC1CCNCC1)C(C)C(=O)OC.O=C=O.O=C=O. The fourth-order valence-electron chi connectivity index (χ4n) is 7.59. The molecule has 0 radical (unpaired) electrons. The zero-order chi connectivity index (χ0) is 42.6. The highest BCUT2D eigenvalue weighted by molar-refractivity contribution is 5.75. The average molecular weight is 813 g/mol. The molecule has 2 fully saturated rings. The Morgan fingerprint density at radius 2 is 0.966 bits per heavy atom. The monoisotopic (exact) mass is 812 g/mol. The quantitative estimate of drug-likeness (QED) is 0.170. The predicted molar refractivity (Wildman–Crippen MR) is 213 cm³/mol. The number of esters is 4. The lowest BCUT2D eigenvalue weighted by molar-refractivity contribution is -0.193. The fourth-order valence-corrected chi connectivity index (χ4v) is 7.59. The highest BCUT2D eigenvalue weighted by Crippen LogP contribution is 2.36. The van der Waals surface area contributed by atoms with Gasteiger partial charge < -0.3 is 24.3 Å². The van der Waals surface area contributed by atoms with Gasteiger partial charge in [-0.15, -0.1) is 0 Å². The van der Waals surface area contributed by atoms with Crippen molar-refractivity contribution in [1.29, 1.82) is 0 Å². The van der Waals surface area contributed by atoms with Crippen LogP contribution in [0.2, 0.25) is 0 Å². The van der Waals surface area contributed by atoms with E-state index < -0.39 is 0 Å². The van der Waals surface area contributed by atoms with Crippen LogP contribution in [0.25, 0.3) is 0 Å². The maximum Gasteiger partial charge on any atom is 0.373 e. The van der Waals surface area contributed by atoms with Gasteiger partial charge in [0.05, 0.1) is 46.3 Å². The maximum absolute atomic E-state index is 12.1. The van der Waals surface area contributed by atoms with Crippen molar-refractivity contribution in [3.05, 3.63) is 71.8 Å². The van der Waals surface area contributed by atoms with Gasteiger partial charge in [0.15, 0.2) is 0 Å². The number of carbonyl (C=O) groups is 4. The van der Waals surface area contributed by atoms with Crippen molar-refractivity contribution in [3.63, 3.8) is 0 Å². The van der Waals surface area contributed by atoms with Gasteiger partial charge in [-0.2, -0.15) is 19.2 Å². The Balaban J connectivity index is 0.00000106. The van der Waals surface area contributed by atoms with Crippen molar-refractivity contribution in [2.75, 3.05) is 54.6 Å². The number of piperidine rings is 2. The van der Waals surface area contributed by atoms with E-state index in [1.165, 1.54) is 39.6 Å². The van der Waals surface area contributed by atoms with Crippen LogP contribution >= 0.6 is 0 Å². The van der Waals surface area contributed by atoms with Crippen LogP contribution in [0, 0.1) is 35.5 Å². The fraction of sp³-hybridized carbons (Fsp3) is 0.591. The van der Waals surface area contributed by atoms with Gasteiger partial charge in [0.2, 0.25) is 0 Å². The number of benzene rings is 2. The number of hydrogen-bond acceptors (Lipinski definition) is 14. The highest BCUT2D eigenvalue weighted by Gasteiger charge is 2.33. The summed E-state index contributed by atoms with van der Waals surface area (Å²) < 4.78 is 19.3. The number of nitrogens with one attached hydrogen (secondary N) is 1. The Morgan fingerprint density at radius 3 is 1.29 bits per heavy atom. The lowest BCUT2D eigenvalue weighted by Crippen LogP contribution is -2.38. The molecule has 4 atom stereocenters. The topological polar surface area (TPSA) is 189 Å². The number of likely N-dealkylation sites (tertiary alicyclic amines) is 1. The highest BCUT2D eigenvalue weighted by atomic mass is 16.5. The predicted octanol–water partition coefficient (Wildman–Crippen LogP) is 5.70. The smallest absolute Gasteiger partial charge is 0.373 e. The van der Waals surface area contributed by atoms with E-state index in [0.717, 1.165) is 64.7 Å². The Morgan fingerprint density at radius 1 is 0.621 bits per heavy atom. The van der Waals surface area contributed by atoms with Gasteiger partial charge >= 0.3 is 36.2 Å². The van der Waals surface area contributed by atoms with Gasteiger partial charge in [0.1, 0.15) is 0 Å². The third kappa shape index (κ3) is 19.4. The first-order valence-electron chi connectivity index (χ1n) is 19.3. The zero-order valence-corrected chi connectivity index (χ0v) is 34.1. The third-order valence-corrected chi connectivity index (χ3v) is 10.8. The number of carbonyl (C=O) groups excluding carboxylic acids is 8. The van der Waals surface area contributed by atoms with Crippen molar-refractivity contribution in [2.24, 2.45) is 35.5 Å². The minimum atomic E-state index is -0.321. The minimum Gasteiger partial charge on any atom is -0.469 e. The first-order chi connectivity index (χ1) is 27.4. The van der Waals surface area contributed by atoms with Gasteiger partial charge in [-0.3, -0.25) is 24.1 Å². The summed E-state index contributed by atoms with van der Waals surface area (Å²) in [6.07, 6.45) is 7.05. The van der Waals surface area contributed by atoms with Gasteiger partial charge in [-0.05, 0) is 99.5 Å². The van der Waals surface area contributed by atoms with E-state index in [2.05, 4.69) is 70.9 Å². The van der Waals surface area contributed by atoms with Crippen LogP contribution in [0.1, 0.15) is 89.8 Å². The number of hydrogen-bond donors (Lipinski definition) is 1. The van der Waals surface area contributed by atoms with Crippen molar-refractivity contribution < 1.29 is 57.3 Å². The lowest BCUT2D eigenvalue weighted by Gasteiger charge is -2.39. The van der Waals surface area contributed by atoms with Gasteiger partial charge in [-0.1, -0.05) is 81.9 Å². The zero-order valence-electron chi connectivity index (χ0n) is 34.1. The summed E-state index contributed by atoms with van der Waals surface area (Å²) in [6, 6.07) is 21.6. The first kappa shape index (κ1) is 53.0. The van der Waals surface area contributed by atoms with Gasteiger partial charge in [0.25, 0.3) is 0 Å². The van der Waals surface area contributed by atoms with Crippen LogP contribution in [-0.4, -0.2) is 95.7 Å². The molecule has 2 heterocycles. The molecule has 2 saturated heterocycles. The van der Waals surface area contributed by atoms with E-state index in [0.29, 0.717) is 11.8 Å². The molecule has 0 bridgehead atoms. The van der Waals surface area contributed by atoms with Crippen LogP contribution in [0.3, 0.4) is 0 Å². The molecule has 0 aliphatic carbocycles. The molecule has 2 aliphatic heterocycles. The lowest BCUT2D eigenvalue weighted by atomic mass is 9.79. The van der Waals surface area contributed by atoms with Gasteiger partial charge in [0, 0.05) is 12.8 Å². The van der Waals surface area contributed by atoms with E-state index in [4.69, 9.17) is 38.1 Å². The summed E-state index contributed by atoms with van der Waals surface area (Å²) in [4.78, 5) is 82.3. The molecule has 14 heteroatoms. The number of methoxy groups -OCH3 is 4. The first-order valence-corrected chi connectivity index (χ1v) is 19.3. The largest absolute Gasteiger partial charge is 0.469 e. The minimum absolute atomic E-state index is 0. The molecule has 4 unspecified atom stereocenters. The summed E-state index contributed by atoms with van der Waals surface area (Å²) in [5, 5.41) is 3.32. The van der Waals surface area contributed by atoms with Crippen molar-refractivity contribution >= 4 is 36.2 Å². The van der Waals surface area contributed by atoms with Gasteiger partial charge in [-0.25, -0.2) is 0 Å². The molecule has 2 aromatic carbocycles. The second kappa shape index (κ2) is 31.0. The third-order valence-electron chi connectivity index (χ3n) is 10.8. The molecule has 0 aromatic heterocycles. The Hall–Kier alpha value is -5.00. The Labute approximate surface area is 343 Å². The molecular weight excluding hydrogens is 748 g/mol. The molecule has 322 valence electrons. The van der Waals surface area contributed by atoms with Crippen LogP contribution < -0.4 is 5.32 Å². The molecule has 0 amide bonds. The number of rotatable bonds is 15. The summed E-state index contributed by atoms with van der Waals surface area (Å²) in [7, 11) is 5.57. The van der Waals surface area contributed by atoms with Crippen molar-refractivity contribution in [2.45, 2.75) is 78.7 Å². The van der Waals surface area contributed by atoms with Crippen LogP contribution in [0.5, 0.6) is 0 Å². The number of nitrogens with zero attached hydrogens (tertiary/aromatic N) is 1. The Bertz CT molecular complexity index is 1460. The second-order valence-corrected chi connectivity index (χ2v) is 14.2.